The highest BCUT2D eigenvalue weighted by atomic mass is 127. The molecule has 0 aliphatic carbocycles. The second-order valence-electron chi connectivity index (χ2n) is 4.23. The molecule has 0 unspecified atom stereocenters. The zero-order chi connectivity index (χ0) is 12.2. The van der Waals surface area contributed by atoms with Gasteiger partial charge < -0.3 is 10.6 Å². The van der Waals surface area contributed by atoms with Crippen molar-refractivity contribution in [2.45, 2.75) is 40.5 Å². The van der Waals surface area contributed by atoms with E-state index < -0.39 is 0 Å². The normalized spacial score (nSPS) is 11.7. The molecule has 0 radical (unpaired) electrons. The Bertz CT molecular complexity index is 213. The van der Waals surface area contributed by atoms with E-state index in [1.54, 1.807) is 0 Å². The molecule has 0 aromatic carbocycles. The average Bonchev–Trinajstić information content (AvgIpc) is 2.23. The predicted octanol–water partition coefficient (Wildman–Crippen LogP) is 3.17. The SMILES string of the molecule is C/C=C/CCNC(=NCCC(C)C)NCC.I. The third-order valence-electron chi connectivity index (χ3n) is 2.16. The minimum absolute atomic E-state index is 0. The van der Waals surface area contributed by atoms with Gasteiger partial charge in [-0.05, 0) is 32.6 Å². The first-order valence-corrected chi connectivity index (χ1v) is 6.34. The summed E-state index contributed by atoms with van der Waals surface area (Å²) < 4.78 is 0. The van der Waals surface area contributed by atoms with Gasteiger partial charge in [-0.25, -0.2) is 0 Å². The third kappa shape index (κ3) is 13.7. The van der Waals surface area contributed by atoms with Gasteiger partial charge in [0.2, 0.25) is 0 Å². The number of guanidine groups is 1. The zero-order valence-corrected chi connectivity index (χ0v) is 14.0. The molecule has 0 atom stereocenters. The summed E-state index contributed by atoms with van der Waals surface area (Å²) in [7, 11) is 0. The Balaban J connectivity index is 0. The summed E-state index contributed by atoms with van der Waals surface area (Å²) in [6.07, 6.45) is 6.42. The number of nitrogens with zero attached hydrogens (tertiary/aromatic N) is 1. The maximum Gasteiger partial charge on any atom is 0.191 e. The van der Waals surface area contributed by atoms with Crippen molar-refractivity contribution in [3.8, 4) is 0 Å². The second-order valence-corrected chi connectivity index (χ2v) is 4.23. The first kappa shape index (κ1) is 19.1. The highest BCUT2D eigenvalue weighted by molar-refractivity contribution is 14.0. The lowest BCUT2D eigenvalue weighted by Crippen LogP contribution is -2.37. The van der Waals surface area contributed by atoms with Gasteiger partial charge in [0.15, 0.2) is 5.96 Å². The standard InChI is InChI=1S/C13H27N3.HI/c1-5-7-8-10-15-13(14-6-2)16-11-9-12(3)4;/h5,7,12H,6,8-11H2,1-4H3,(H2,14,15,16);1H/b7-5+;. The molecule has 0 aromatic rings. The summed E-state index contributed by atoms with van der Waals surface area (Å²) in [5.74, 6) is 1.65. The van der Waals surface area contributed by atoms with E-state index in [-0.39, 0.29) is 24.0 Å². The number of aliphatic imine (C=N–C) groups is 1. The van der Waals surface area contributed by atoms with Crippen LogP contribution in [0.3, 0.4) is 0 Å². The summed E-state index contributed by atoms with van der Waals surface area (Å²) in [4.78, 5) is 4.52. The van der Waals surface area contributed by atoms with Crippen LogP contribution >= 0.6 is 24.0 Å². The molecule has 0 saturated heterocycles. The number of hydrogen-bond donors (Lipinski definition) is 2. The van der Waals surface area contributed by atoms with Gasteiger partial charge in [-0.3, -0.25) is 4.99 Å². The van der Waals surface area contributed by atoms with E-state index in [1.165, 1.54) is 0 Å². The lowest BCUT2D eigenvalue weighted by Gasteiger charge is -2.10. The number of halogens is 1. The summed E-state index contributed by atoms with van der Waals surface area (Å²) >= 11 is 0. The van der Waals surface area contributed by atoms with Gasteiger partial charge in [0, 0.05) is 19.6 Å². The van der Waals surface area contributed by atoms with E-state index in [2.05, 4.69) is 48.5 Å². The van der Waals surface area contributed by atoms with Crippen LogP contribution in [0.15, 0.2) is 17.1 Å². The first-order chi connectivity index (χ1) is 7.70. The number of rotatable bonds is 7. The van der Waals surface area contributed by atoms with Crippen LogP contribution in [0.4, 0.5) is 0 Å². The van der Waals surface area contributed by atoms with Crippen molar-refractivity contribution in [3.05, 3.63) is 12.2 Å². The van der Waals surface area contributed by atoms with Crippen molar-refractivity contribution < 1.29 is 0 Å². The first-order valence-electron chi connectivity index (χ1n) is 6.34. The van der Waals surface area contributed by atoms with Crippen LogP contribution in [-0.4, -0.2) is 25.6 Å². The topological polar surface area (TPSA) is 36.4 Å². The van der Waals surface area contributed by atoms with Crippen molar-refractivity contribution in [2.24, 2.45) is 10.9 Å². The van der Waals surface area contributed by atoms with Crippen LogP contribution in [0.2, 0.25) is 0 Å². The average molecular weight is 353 g/mol. The van der Waals surface area contributed by atoms with E-state index in [1.807, 2.05) is 6.92 Å². The third-order valence-corrected chi connectivity index (χ3v) is 2.16. The van der Waals surface area contributed by atoms with Crippen molar-refractivity contribution in [3.63, 3.8) is 0 Å². The minimum Gasteiger partial charge on any atom is -0.357 e. The highest BCUT2D eigenvalue weighted by Crippen LogP contribution is 1.98. The lowest BCUT2D eigenvalue weighted by atomic mass is 10.1. The van der Waals surface area contributed by atoms with Crippen molar-refractivity contribution in [1.82, 2.24) is 10.6 Å². The fourth-order valence-corrected chi connectivity index (χ4v) is 1.22. The molecule has 0 aromatic heterocycles. The van der Waals surface area contributed by atoms with Crippen molar-refractivity contribution in [2.75, 3.05) is 19.6 Å². The molecule has 0 amide bonds. The monoisotopic (exact) mass is 353 g/mol. The molecule has 0 fully saturated rings. The quantitative estimate of drug-likeness (QED) is 0.243. The summed E-state index contributed by atoms with van der Waals surface area (Å²) in [5.41, 5.74) is 0. The molecule has 0 heterocycles. The predicted molar refractivity (Wildman–Crippen MR) is 88.3 cm³/mol. The minimum atomic E-state index is 0. The van der Waals surface area contributed by atoms with Gasteiger partial charge in [0.05, 0.1) is 0 Å². The molecule has 102 valence electrons. The van der Waals surface area contributed by atoms with Gasteiger partial charge in [-0.2, -0.15) is 0 Å². The number of nitrogens with one attached hydrogen (secondary N) is 2. The molecule has 17 heavy (non-hydrogen) atoms. The molecule has 4 heteroatoms. The smallest absolute Gasteiger partial charge is 0.191 e. The van der Waals surface area contributed by atoms with Crippen LogP contribution in [-0.2, 0) is 0 Å². The highest BCUT2D eigenvalue weighted by Gasteiger charge is 1.96. The van der Waals surface area contributed by atoms with Gasteiger partial charge in [0.25, 0.3) is 0 Å². The molecule has 0 saturated carbocycles. The molecular weight excluding hydrogens is 325 g/mol. The van der Waals surface area contributed by atoms with E-state index >= 15 is 0 Å². The molecule has 2 N–H and O–H groups in total. The Morgan fingerprint density at radius 2 is 2.00 bits per heavy atom. The van der Waals surface area contributed by atoms with Crippen LogP contribution in [0.5, 0.6) is 0 Å². The van der Waals surface area contributed by atoms with Crippen LogP contribution in [0, 0.1) is 5.92 Å². The van der Waals surface area contributed by atoms with Crippen LogP contribution in [0.25, 0.3) is 0 Å². The van der Waals surface area contributed by atoms with Gasteiger partial charge in [-0.1, -0.05) is 26.0 Å². The summed E-state index contributed by atoms with van der Waals surface area (Å²) in [5, 5.41) is 6.56. The Kier molecular flexibility index (Phi) is 15.5. The van der Waals surface area contributed by atoms with Gasteiger partial charge >= 0.3 is 0 Å². The molecule has 0 spiro atoms. The largest absolute Gasteiger partial charge is 0.357 e. The summed E-state index contributed by atoms with van der Waals surface area (Å²) in [6, 6.07) is 0. The molecule has 3 nitrogen and oxygen atoms in total. The number of allylic oxidation sites excluding steroid dienone is 1. The molecular formula is C13H28IN3. The molecule has 0 aliphatic heterocycles. The Morgan fingerprint density at radius 1 is 1.29 bits per heavy atom. The second kappa shape index (κ2) is 13.8. The molecule has 0 aliphatic rings. The van der Waals surface area contributed by atoms with Crippen LogP contribution < -0.4 is 10.6 Å². The lowest BCUT2D eigenvalue weighted by molar-refractivity contribution is 0.594. The fraction of sp³-hybridized carbons (Fsp3) is 0.769. The Morgan fingerprint density at radius 3 is 2.53 bits per heavy atom. The fourth-order valence-electron chi connectivity index (χ4n) is 1.22. The van der Waals surface area contributed by atoms with Crippen molar-refractivity contribution in [1.29, 1.82) is 0 Å². The maximum atomic E-state index is 4.52. The van der Waals surface area contributed by atoms with E-state index in [9.17, 15) is 0 Å². The Labute approximate surface area is 124 Å². The van der Waals surface area contributed by atoms with Crippen molar-refractivity contribution >= 4 is 29.9 Å². The number of hydrogen-bond acceptors (Lipinski definition) is 1. The maximum absolute atomic E-state index is 4.52. The summed E-state index contributed by atoms with van der Waals surface area (Å²) in [6.45, 7) is 11.3. The van der Waals surface area contributed by atoms with Gasteiger partial charge in [0.1, 0.15) is 0 Å². The zero-order valence-electron chi connectivity index (χ0n) is 11.6. The van der Waals surface area contributed by atoms with E-state index in [0.717, 1.165) is 44.4 Å². The van der Waals surface area contributed by atoms with Gasteiger partial charge in [-0.15, -0.1) is 24.0 Å². The van der Waals surface area contributed by atoms with E-state index in [0.29, 0.717) is 0 Å². The van der Waals surface area contributed by atoms with Crippen LogP contribution in [0.1, 0.15) is 40.5 Å². The molecule has 0 bridgehead atoms. The Hall–Kier alpha value is -0.260. The molecule has 0 rings (SSSR count). The van der Waals surface area contributed by atoms with E-state index in [4.69, 9.17) is 0 Å².